The molecular weight excluding hydrogens is 419 g/mol. The number of halogens is 3. The fraction of sp³-hybridized carbons (Fsp3) is 0.450. The molecule has 1 aliphatic rings. The number of esters is 1. The van der Waals surface area contributed by atoms with Crippen LogP contribution in [0.3, 0.4) is 0 Å². The second-order valence-corrected chi connectivity index (χ2v) is 7.21. The molecule has 0 atom stereocenters. The van der Waals surface area contributed by atoms with Gasteiger partial charge in [0.2, 0.25) is 0 Å². The summed E-state index contributed by atoms with van der Waals surface area (Å²) in [7, 11) is 0. The lowest BCUT2D eigenvalue weighted by molar-refractivity contribution is -0.141. The molecule has 0 saturated carbocycles. The monoisotopic (exact) mass is 441 g/mol. The summed E-state index contributed by atoms with van der Waals surface area (Å²) in [4.78, 5) is 39.9. The van der Waals surface area contributed by atoms with Crippen molar-refractivity contribution in [1.29, 1.82) is 0 Å². The average molecular weight is 441 g/mol. The Morgan fingerprint density at radius 3 is 2.32 bits per heavy atom. The van der Waals surface area contributed by atoms with Crippen LogP contribution in [0.5, 0.6) is 0 Å². The fourth-order valence-corrected chi connectivity index (χ4v) is 3.44. The van der Waals surface area contributed by atoms with Crippen molar-refractivity contribution in [3.05, 3.63) is 47.2 Å². The Labute approximate surface area is 176 Å². The van der Waals surface area contributed by atoms with Gasteiger partial charge in [-0.05, 0) is 32.0 Å². The number of carbonyl (C=O) groups is 3. The van der Waals surface area contributed by atoms with Crippen molar-refractivity contribution in [2.75, 3.05) is 32.8 Å². The highest BCUT2D eigenvalue weighted by molar-refractivity contribution is 5.93. The number of piperazine rings is 1. The van der Waals surface area contributed by atoms with E-state index in [-0.39, 0.29) is 41.7 Å². The number of furan rings is 1. The van der Waals surface area contributed by atoms with Gasteiger partial charge in [0.05, 0.1) is 11.8 Å². The van der Waals surface area contributed by atoms with Crippen LogP contribution in [-0.2, 0) is 16.1 Å². The molecule has 168 valence electrons. The lowest BCUT2D eigenvalue weighted by atomic mass is 10.2. The van der Waals surface area contributed by atoms with Gasteiger partial charge in [0.15, 0.2) is 12.4 Å². The molecule has 11 heteroatoms. The molecule has 2 amide bonds. The van der Waals surface area contributed by atoms with Crippen LogP contribution in [0.15, 0.2) is 28.9 Å². The van der Waals surface area contributed by atoms with Crippen LogP contribution in [0.4, 0.5) is 13.2 Å². The molecular formula is C20H22F3N3O5. The first-order valence-electron chi connectivity index (χ1n) is 9.58. The van der Waals surface area contributed by atoms with E-state index in [2.05, 4.69) is 0 Å². The summed E-state index contributed by atoms with van der Waals surface area (Å²) in [5, 5.41) is 0. The molecule has 0 aliphatic carbocycles. The summed E-state index contributed by atoms with van der Waals surface area (Å²) in [6.45, 7) is 2.25. The first kappa shape index (κ1) is 22.4. The van der Waals surface area contributed by atoms with E-state index < -0.39 is 31.2 Å². The number of nitrogens with zero attached hydrogens (tertiary/aromatic N) is 3. The first-order valence-corrected chi connectivity index (χ1v) is 9.58. The smallest absolute Gasteiger partial charge is 0.406 e. The zero-order chi connectivity index (χ0) is 22.8. The van der Waals surface area contributed by atoms with Crippen molar-refractivity contribution in [2.45, 2.75) is 26.6 Å². The summed E-state index contributed by atoms with van der Waals surface area (Å²) in [5.74, 6) is -1.35. The zero-order valence-corrected chi connectivity index (χ0v) is 17.1. The molecule has 31 heavy (non-hydrogen) atoms. The third-order valence-corrected chi connectivity index (χ3v) is 5.11. The van der Waals surface area contributed by atoms with Gasteiger partial charge in [-0.15, -0.1) is 0 Å². The van der Waals surface area contributed by atoms with Gasteiger partial charge in [-0.25, -0.2) is 4.79 Å². The van der Waals surface area contributed by atoms with Gasteiger partial charge in [-0.2, -0.15) is 13.2 Å². The third kappa shape index (κ3) is 5.28. The molecule has 1 fully saturated rings. The second kappa shape index (κ2) is 8.86. The second-order valence-electron chi connectivity index (χ2n) is 7.21. The number of carbonyl (C=O) groups excluding carboxylic acids is 3. The lowest BCUT2D eigenvalue weighted by Gasteiger charge is -2.34. The molecule has 8 nitrogen and oxygen atoms in total. The van der Waals surface area contributed by atoms with E-state index in [4.69, 9.17) is 9.15 Å². The third-order valence-electron chi connectivity index (χ3n) is 5.11. The van der Waals surface area contributed by atoms with Crippen molar-refractivity contribution in [1.82, 2.24) is 14.4 Å². The Hall–Kier alpha value is -3.24. The molecule has 2 aromatic rings. The molecule has 0 spiro atoms. The van der Waals surface area contributed by atoms with Crippen molar-refractivity contribution in [3.63, 3.8) is 0 Å². The maximum absolute atomic E-state index is 12.7. The highest BCUT2D eigenvalue weighted by atomic mass is 19.4. The first-order chi connectivity index (χ1) is 14.6. The van der Waals surface area contributed by atoms with Crippen LogP contribution in [0, 0.1) is 13.8 Å². The Morgan fingerprint density at radius 1 is 1.10 bits per heavy atom. The van der Waals surface area contributed by atoms with E-state index in [0.29, 0.717) is 13.1 Å². The fourth-order valence-electron chi connectivity index (χ4n) is 3.44. The maximum atomic E-state index is 12.7. The number of hydrogen-bond acceptors (Lipinski definition) is 5. The largest absolute Gasteiger partial charge is 0.459 e. The number of amides is 2. The molecule has 2 aromatic heterocycles. The number of aromatic nitrogens is 1. The van der Waals surface area contributed by atoms with Crippen molar-refractivity contribution in [3.8, 4) is 0 Å². The van der Waals surface area contributed by atoms with Gasteiger partial charge in [-0.3, -0.25) is 9.59 Å². The normalized spacial score (nSPS) is 14.6. The summed E-state index contributed by atoms with van der Waals surface area (Å²) >= 11 is 0. The van der Waals surface area contributed by atoms with E-state index in [1.54, 1.807) is 17.0 Å². The van der Waals surface area contributed by atoms with Gasteiger partial charge >= 0.3 is 12.1 Å². The Morgan fingerprint density at radius 2 is 1.74 bits per heavy atom. The molecule has 1 saturated heterocycles. The maximum Gasteiger partial charge on any atom is 0.406 e. The quantitative estimate of drug-likeness (QED) is 0.666. The number of hydrogen-bond donors (Lipinski definition) is 0. The minimum absolute atomic E-state index is 0.0107. The molecule has 3 rings (SSSR count). The summed E-state index contributed by atoms with van der Waals surface area (Å²) in [5.41, 5.74) is 0.381. The predicted molar refractivity (Wildman–Crippen MR) is 101 cm³/mol. The van der Waals surface area contributed by atoms with Crippen molar-refractivity contribution < 1.29 is 36.7 Å². The van der Waals surface area contributed by atoms with Crippen LogP contribution in [0.25, 0.3) is 0 Å². The van der Waals surface area contributed by atoms with Crippen LogP contribution >= 0.6 is 0 Å². The van der Waals surface area contributed by atoms with Crippen molar-refractivity contribution in [2.24, 2.45) is 0 Å². The molecule has 0 bridgehead atoms. The van der Waals surface area contributed by atoms with Gasteiger partial charge in [0.1, 0.15) is 6.54 Å². The molecule has 3 heterocycles. The Kier molecular flexibility index (Phi) is 6.42. The van der Waals surface area contributed by atoms with Crippen LogP contribution in [-0.4, -0.2) is 71.1 Å². The predicted octanol–water partition coefficient (Wildman–Crippen LogP) is 2.40. The van der Waals surface area contributed by atoms with E-state index >= 15 is 0 Å². The molecule has 0 aromatic carbocycles. The lowest BCUT2D eigenvalue weighted by Crippen LogP contribution is -2.51. The van der Waals surface area contributed by atoms with Gasteiger partial charge in [-0.1, -0.05) is 0 Å². The van der Waals surface area contributed by atoms with Gasteiger partial charge < -0.3 is 23.5 Å². The summed E-state index contributed by atoms with van der Waals surface area (Å²) in [6, 6.07) is 4.49. The average Bonchev–Trinajstić information content (AvgIpc) is 3.35. The topological polar surface area (TPSA) is 85.0 Å². The number of rotatable bonds is 5. The van der Waals surface area contributed by atoms with Crippen LogP contribution in [0.1, 0.15) is 32.3 Å². The molecule has 0 N–H and O–H groups in total. The van der Waals surface area contributed by atoms with E-state index in [9.17, 15) is 27.6 Å². The molecule has 0 unspecified atom stereocenters. The van der Waals surface area contributed by atoms with Gasteiger partial charge in [0, 0.05) is 37.6 Å². The zero-order valence-electron chi connectivity index (χ0n) is 17.1. The number of ether oxygens (including phenoxy) is 1. The number of aryl methyl sites for hydroxylation is 1. The summed E-state index contributed by atoms with van der Waals surface area (Å²) in [6.07, 6.45) is -3.02. The highest BCUT2D eigenvalue weighted by Gasteiger charge is 2.31. The SMILES string of the molecule is Cc1cc(C(=O)OCC(=O)N2CCN(C(=O)c3ccco3)CC2)c(C)n1CC(F)(F)F. The van der Waals surface area contributed by atoms with E-state index in [1.165, 1.54) is 31.1 Å². The molecule has 1 aliphatic heterocycles. The molecule has 0 radical (unpaired) electrons. The Bertz CT molecular complexity index is 958. The minimum Gasteiger partial charge on any atom is -0.459 e. The van der Waals surface area contributed by atoms with E-state index in [0.717, 1.165) is 4.57 Å². The van der Waals surface area contributed by atoms with Crippen LogP contribution in [0.2, 0.25) is 0 Å². The minimum atomic E-state index is -4.42. The van der Waals surface area contributed by atoms with Gasteiger partial charge in [0.25, 0.3) is 11.8 Å². The van der Waals surface area contributed by atoms with E-state index in [1.807, 2.05) is 0 Å². The number of alkyl halides is 3. The standard InChI is InChI=1S/C20H22F3N3O5/c1-13-10-15(14(2)26(13)12-20(21,22)23)19(29)31-11-17(27)24-5-7-25(8-6-24)18(28)16-4-3-9-30-16/h3-4,9-10H,5-8,11-12H2,1-2H3. The summed E-state index contributed by atoms with van der Waals surface area (Å²) < 4.78 is 49.2. The Balaban J connectivity index is 1.52. The van der Waals surface area contributed by atoms with Crippen molar-refractivity contribution >= 4 is 17.8 Å². The van der Waals surface area contributed by atoms with Crippen LogP contribution < -0.4 is 0 Å². The highest BCUT2D eigenvalue weighted by Crippen LogP contribution is 2.23.